The number of ether oxygens (including phenoxy) is 2. The number of H-pyrrole nitrogens is 1. The first-order chi connectivity index (χ1) is 13.2. The molecule has 1 aromatic carbocycles. The number of pyridine rings is 1. The lowest BCUT2D eigenvalue weighted by atomic mass is 10.2. The van der Waals surface area contributed by atoms with Gasteiger partial charge in [-0.25, -0.2) is 9.97 Å². The zero-order valence-corrected chi connectivity index (χ0v) is 16.0. The lowest BCUT2D eigenvalue weighted by molar-refractivity contribution is 0.355. The third-order valence-electron chi connectivity index (χ3n) is 4.13. The van der Waals surface area contributed by atoms with Crippen LogP contribution < -0.4 is 9.47 Å². The Bertz CT molecular complexity index is 1060. The zero-order chi connectivity index (χ0) is 18.8. The van der Waals surface area contributed by atoms with E-state index in [9.17, 15) is 0 Å². The maximum absolute atomic E-state index is 5.86. The molecule has 3 aromatic heterocycles. The maximum Gasteiger partial charge on any atom is 0.226 e. The van der Waals surface area contributed by atoms with Gasteiger partial charge in [0.15, 0.2) is 16.7 Å². The Morgan fingerprint density at radius 1 is 1.11 bits per heavy atom. The summed E-state index contributed by atoms with van der Waals surface area (Å²) in [5, 5.41) is 0.827. The molecule has 7 nitrogen and oxygen atoms in total. The molecule has 1 N–H and O–H groups in total. The van der Waals surface area contributed by atoms with Gasteiger partial charge in [-0.2, -0.15) is 0 Å². The average Bonchev–Trinajstić information content (AvgIpc) is 3.28. The van der Waals surface area contributed by atoms with Crippen molar-refractivity contribution in [3.8, 4) is 23.0 Å². The number of benzene rings is 1. The first kappa shape index (κ1) is 17.4. The van der Waals surface area contributed by atoms with Gasteiger partial charge in [-0.3, -0.25) is 4.98 Å². The van der Waals surface area contributed by atoms with E-state index in [1.54, 1.807) is 38.4 Å². The highest BCUT2D eigenvalue weighted by Crippen LogP contribution is 2.33. The number of rotatable bonds is 6. The predicted octanol–water partition coefficient (Wildman–Crippen LogP) is 4.23. The summed E-state index contributed by atoms with van der Waals surface area (Å²) in [6.07, 6.45) is 3.50. The first-order valence-electron chi connectivity index (χ1n) is 8.29. The fraction of sp³-hybridized carbons (Fsp3) is 0.211. The summed E-state index contributed by atoms with van der Waals surface area (Å²) in [7, 11) is 3.21. The molecule has 8 heteroatoms. The predicted molar refractivity (Wildman–Crippen MR) is 103 cm³/mol. The van der Waals surface area contributed by atoms with Crippen molar-refractivity contribution < 1.29 is 13.9 Å². The number of fused-ring (bicyclic) bond motifs is 1. The smallest absolute Gasteiger partial charge is 0.226 e. The van der Waals surface area contributed by atoms with Crippen LogP contribution in [0.2, 0.25) is 0 Å². The number of imidazole rings is 1. The summed E-state index contributed by atoms with van der Waals surface area (Å²) in [6, 6.07) is 7.47. The normalized spacial score (nSPS) is 11.1. The lowest BCUT2D eigenvalue weighted by Crippen LogP contribution is -1.91. The van der Waals surface area contributed by atoms with Crippen molar-refractivity contribution in [3.05, 3.63) is 48.1 Å². The van der Waals surface area contributed by atoms with E-state index in [2.05, 4.69) is 19.9 Å². The van der Waals surface area contributed by atoms with Crippen molar-refractivity contribution in [2.75, 3.05) is 14.2 Å². The van der Waals surface area contributed by atoms with Crippen molar-refractivity contribution in [1.82, 2.24) is 19.9 Å². The van der Waals surface area contributed by atoms with Crippen LogP contribution in [-0.2, 0) is 5.75 Å². The second kappa shape index (κ2) is 7.32. The van der Waals surface area contributed by atoms with E-state index in [0.717, 1.165) is 33.2 Å². The molecule has 27 heavy (non-hydrogen) atoms. The third kappa shape index (κ3) is 3.48. The van der Waals surface area contributed by atoms with Gasteiger partial charge in [-0.05, 0) is 31.2 Å². The molecule has 0 amide bonds. The Kier molecular flexibility index (Phi) is 4.72. The van der Waals surface area contributed by atoms with Crippen LogP contribution in [0.5, 0.6) is 11.5 Å². The zero-order valence-electron chi connectivity index (χ0n) is 15.1. The molecule has 0 aliphatic rings. The molecule has 0 bridgehead atoms. The molecule has 138 valence electrons. The molecule has 0 saturated heterocycles. The molecule has 0 fully saturated rings. The molecular weight excluding hydrogens is 364 g/mol. The largest absolute Gasteiger partial charge is 0.493 e. The number of nitrogens with zero attached hydrogens (tertiary/aromatic N) is 3. The summed E-state index contributed by atoms with van der Waals surface area (Å²) in [5.41, 5.74) is 3.53. The second-order valence-corrected chi connectivity index (χ2v) is 6.78. The standard InChI is InChI=1S/C19H18N4O3S/c1-11-15(10-27-19-22-13-6-7-20-9-14(13)23-19)21-18(26-11)12-4-5-16(24-2)17(8-12)25-3/h4-9H,10H2,1-3H3,(H,22,23). The number of aromatic nitrogens is 4. The Balaban J connectivity index is 1.54. The van der Waals surface area contributed by atoms with Gasteiger partial charge in [0.25, 0.3) is 0 Å². The molecule has 0 radical (unpaired) electrons. The van der Waals surface area contributed by atoms with E-state index in [0.29, 0.717) is 23.1 Å². The van der Waals surface area contributed by atoms with Crippen molar-refractivity contribution in [1.29, 1.82) is 0 Å². The van der Waals surface area contributed by atoms with Gasteiger partial charge in [0.05, 0.1) is 37.1 Å². The fourth-order valence-electron chi connectivity index (χ4n) is 2.69. The summed E-state index contributed by atoms with van der Waals surface area (Å²) >= 11 is 1.57. The number of hydrogen-bond acceptors (Lipinski definition) is 7. The summed E-state index contributed by atoms with van der Waals surface area (Å²) in [4.78, 5) is 16.5. The number of oxazole rings is 1. The molecular formula is C19H18N4O3S. The van der Waals surface area contributed by atoms with Crippen LogP contribution in [0.25, 0.3) is 22.5 Å². The van der Waals surface area contributed by atoms with E-state index in [-0.39, 0.29) is 0 Å². The highest BCUT2D eigenvalue weighted by molar-refractivity contribution is 7.98. The van der Waals surface area contributed by atoms with Crippen molar-refractivity contribution in [2.24, 2.45) is 0 Å². The van der Waals surface area contributed by atoms with E-state index < -0.39 is 0 Å². The minimum Gasteiger partial charge on any atom is -0.493 e. The summed E-state index contributed by atoms with van der Waals surface area (Å²) < 4.78 is 16.5. The number of nitrogens with one attached hydrogen (secondary N) is 1. The Labute approximate surface area is 160 Å². The number of thioether (sulfide) groups is 1. The van der Waals surface area contributed by atoms with Crippen molar-refractivity contribution in [2.45, 2.75) is 17.8 Å². The molecule has 0 atom stereocenters. The number of aryl methyl sites for hydroxylation is 1. The highest BCUT2D eigenvalue weighted by atomic mass is 32.2. The monoisotopic (exact) mass is 382 g/mol. The van der Waals surface area contributed by atoms with Gasteiger partial charge in [-0.15, -0.1) is 0 Å². The van der Waals surface area contributed by atoms with Gasteiger partial charge < -0.3 is 18.9 Å². The minimum atomic E-state index is 0.554. The maximum atomic E-state index is 5.86. The second-order valence-electron chi connectivity index (χ2n) is 5.82. The van der Waals surface area contributed by atoms with Crippen LogP contribution in [0.1, 0.15) is 11.5 Å². The van der Waals surface area contributed by atoms with Crippen molar-refractivity contribution in [3.63, 3.8) is 0 Å². The molecule has 0 aliphatic heterocycles. The highest BCUT2D eigenvalue weighted by Gasteiger charge is 2.15. The quantitative estimate of drug-likeness (QED) is 0.499. The molecule has 0 unspecified atom stereocenters. The van der Waals surface area contributed by atoms with Crippen LogP contribution in [-0.4, -0.2) is 34.2 Å². The van der Waals surface area contributed by atoms with Gasteiger partial charge in [0, 0.05) is 17.5 Å². The average molecular weight is 382 g/mol. The molecule has 0 saturated carbocycles. The van der Waals surface area contributed by atoms with E-state index in [4.69, 9.17) is 13.9 Å². The third-order valence-corrected chi connectivity index (χ3v) is 5.01. The lowest BCUT2D eigenvalue weighted by Gasteiger charge is -2.07. The Hall–Kier alpha value is -3.00. The molecule has 0 spiro atoms. The number of hydrogen-bond donors (Lipinski definition) is 1. The molecule has 3 heterocycles. The van der Waals surface area contributed by atoms with Gasteiger partial charge in [0.1, 0.15) is 5.76 Å². The molecule has 4 aromatic rings. The first-order valence-corrected chi connectivity index (χ1v) is 9.27. The van der Waals surface area contributed by atoms with Crippen LogP contribution in [0.3, 0.4) is 0 Å². The molecule has 0 aliphatic carbocycles. The van der Waals surface area contributed by atoms with Crippen LogP contribution in [0.15, 0.2) is 46.2 Å². The topological polar surface area (TPSA) is 86.1 Å². The van der Waals surface area contributed by atoms with Gasteiger partial charge >= 0.3 is 0 Å². The van der Waals surface area contributed by atoms with Gasteiger partial charge in [0.2, 0.25) is 5.89 Å². The van der Waals surface area contributed by atoms with E-state index in [1.807, 2.05) is 31.2 Å². The van der Waals surface area contributed by atoms with E-state index in [1.165, 1.54) is 0 Å². The van der Waals surface area contributed by atoms with Crippen LogP contribution in [0, 0.1) is 6.92 Å². The Morgan fingerprint density at radius 3 is 2.74 bits per heavy atom. The number of methoxy groups -OCH3 is 2. The van der Waals surface area contributed by atoms with E-state index >= 15 is 0 Å². The van der Waals surface area contributed by atoms with Gasteiger partial charge in [-0.1, -0.05) is 11.8 Å². The summed E-state index contributed by atoms with van der Waals surface area (Å²) in [6.45, 7) is 1.91. The SMILES string of the molecule is COc1ccc(-c2nc(CSc3nc4ccncc4[nH]3)c(C)o2)cc1OC. The van der Waals surface area contributed by atoms with Crippen molar-refractivity contribution >= 4 is 22.8 Å². The minimum absolute atomic E-state index is 0.554. The fourth-order valence-corrected chi connectivity index (χ4v) is 3.58. The Morgan fingerprint density at radius 2 is 1.96 bits per heavy atom. The van der Waals surface area contributed by atoms with Crippen LogP contribution >= 0.6 is 11.8 Å². The van der Waals surface area contributed by atoms with Crippen LogP contribution in [0.4, 0.5) is 0 Å². The number of aromatic amines is 1. The summed E-state index contributed by atoms with van der Waals surface area (Å²) in [5.74, 6) is 3.29. The molecule has 4 rings (SSSR count).